The molecule has 0 amide bonds. The van der Waals surface area contributed by atoms with Gasteiger partial charge in [-0.1, -0.05) is 0 Å². The van der Waals surface area contributed by atoms with Gasteiger partial charge in [-0.25, -0.2) is 4.79 Å². The minimum Gasteiger partial charge on any atom is -0.395 e. The minimum absolute atomic E-state index is 0.159. The number of aromatic amines is 1. The fraction of sp³-hybridized carbons (Fsp3) is 0.462. The van der Waals surface area contributed by atoms with E-state index in [1.807, 2.05) is 6.07 Å². The zero-order valence-corrected chi connectivity index (χ0v) is 12.1. The number of H-pyrrole nitrogens is 1. The van der Waals surface area contributed by atoms with Gasteiger partial charge in [-0.05, 0) is 13.0 Å². The lowest BCUT2D eigenvalue weighted by Crippen LogP contribution is -2.40. The summed E-state index contributed by atoms with van der Waals surface area (Å²) in [7, 11) is 0. The largest absolute Gasteiger partial charge is 0.395 e. The van der Waals surface area contributed by atoms with Gasteiger partial charge in [0.05, 0.1) is 24.0 Å². The van der Waals surface area contributed by atoms with Gasteiger partial charge in [0.15, 0.2) is 0 Å². The Hall–Kier alpha value is -1.82. The number of aryl methyl sites for hydroxylation is 1. The minimum atomic E-state index is -1.01. The van der Waals surface area contributed by atoms with Gasteiger partial charge in [0, 0.05) is 24.3 Å². The standard InChI is InChI=1S/C13H15N3O4S/c1-8-6-16(12(20)15-11(8)19)13(3-2-4-14)5-9(18)10(7-17)21-13/h2-3,6,9-10,17-18H,5,7H2,1H3,(H,15,19,20)/b3-2+/t9-,10+,13+/m0/s1. The van der Waals surface area contributed by atoms with Gasteiger partial charge in [0.2, 0.25) is 0 Å². The van der Waals surface area contributed by atoms with E-state index < -0.39 is 27.5 Å². The van der Waals surface area contributed by atoms with E-state index in [9.17, 15) is 19.8 Å². The molecule has 1 aromatic heterocycles. The number of nitrogens with zero attached hydrogens (tertiary/aromatic N) is 2. The number of aliphatic hydroxyl groups excluding tert-OH is 2. The molecule has 1 aliphatic heterocycles. The highest BCUT2D eigenvalue weighted by molar-refractivity contribution is 8.01. The molecule has 0 bridgehead atoms. The predicted molar refractivity (Wildman–Crippen MR) is 77.9 cm³/mol. The SMILES string of the molecule is Cc1cn([C@@]2(/C=C/C#N)C[C@H](O)[C@@H](CO)S2)c(=O)[nH]c1=O. The van der Waals surface area contributed by atoms with Crippen LogP contribution in [-0.2, 0) is 4.87 Å². The van der Waals surface area contributed by atoms with Crippen LogP contribution in [0.1, 0.15) is 12.0 Å². The van der Waals surface area contributed by atoms with Crippen molar-refractivity contribution in [2.24, 2.45) is 0 Å². The van der Waals surface area contributed by atoms with Crippen molar-refractivity contribution in [2.45, 2.75) is 29.6 Å². The molecule has 0 aromatic carbocycles. The normalized spacial score (nSPS) is 28.9. The molecular weight excluding hydrogens is 294 g/mol. The fourth-order valence-electron chi connectivity index (χ4n) is 2.34. The van der Waals surface area contributed by atoms with E-state index in [2.05, 4.69) is 4.98 Å². The second-order valence-electron chi connectivity index (χ2n) is 4.86. The molecule has 0 saturated carbocycles. The van der Waals surface area contributed by atoms with E-state index >= 15 is 0 Å². The molecule has 7 nitrogen and oxygen atoms in total. The number of hydrogen-bond acceptors (Lipinski definition) is 6. The molecule has 0 unspecified atom stereocenters. The Bertz CT molecular complexity index is 717. The van der Waals surface area contributed by atoms with Crippen molar-refractivity contribution in [3.63, 3.8) is 0 Å². The first kappa shape index (κ1) is 15.6. The lowest BCUT2D eigenvalue weighted by Gasteiger charge is -2.27. The molecule has 112 valence electrons. The van der Waals surface area contributed by atoms with Gasteiger partial charge >= 0.3 is 5.69 Å². The summed E-state index contributed by atoms with van der Waals surface area (Å²) >= 11 is 1.19. The molecular formula is C13H15N3O4S. The van der Waals surface area contributed by atoms with Crippen LogP contribution in [0.15, 0.2) is 27.9 Å². The van der Waals surface area contributed by atoms with Crippen LogP contribution in [0.4, 0.5) is 0 Å². The highest BCUT2D eigenvalue weighted by Gasteiger charge is 2.45. The van der Waals surface area contributed by atoms with Crippen LogP contribution in [0.2, 0.25) is 0 Å². The van der Waals surface area contributed by atoms with Crippen molar-refractivity contribution in [1.29, 1.82) is 5.26 Å². The lowest BCUT2D eigenvalue weighted by molar-refractivity contribution is 0.131. The van der Waals surface area contributed by atoms with Crippen LogP contribution < -0.4 is 11.2 Å². The Morgan fingerprint density at radius 1 is 1.67 bits per heavy atom. The van der Waals surface area contributed by atoms with Crippen LogP contribution in [0.5, 0.6) is 0 Å². The summed E-state index contributed by atoms with van der Waals surface area (Å²) in [6.45, 7) is 1.32. The van der Waals surface area contributed by atoms with Crippen molar-refractivity contribution in [1.82, 2.24) is 9.55 Å². The highest BCUT2D eigenvalue weighted by atomic mass is 32.2. The van der Waals surface area contributed by atoms with Crippen LogP contribution in [0.3, 0.4) is 0 Å². The maximum atomic E-state index is 12.1. The lowest BCUT2D eigenvalue weighted by atomic mass is 10.1. The van der Waals surface area contributed by atoms with E-state index in [0.29, 0.717) is 5.56 Å². The second kappa shape index (κ2) is 5.89. The number of nitrogens with one attached hydrogen (secondary N) is 1. The summed E-state index contributed by atoms with van der Waals surface area (Å²) in [6.07, 6.45) is 3.49. The zero-order chi connectivity index (χ0) is 15.6. The van der Waals surface area contributed by atoms with E-state index in [-0.39, 0.29) is 13.0 Å². The average molecular weight is 309 g/mol. The molecule has 1 fully saturated rings. The highest BCUT2D eigenvalue weighted by Crippen LogP contribution is 2.47. The second-order valence-corrected chi connectivity index (χ2v) is 6.41. The third kappa shape index (κ3) is 2.81. The van der Waals surface area contributed by atoms with Crippen molar-refractivity contribution in [2.75, 3.05) is 6.61 Å². The van der Waals surface area contributed by atoms with Gasteiger partial charge < -0.3 is 10.2 Å². The number of aromatic nitrogens is 2. The summed E-state index contributed by atoms with van der Waals surface area (Å²) in [5.74, 6) is 0. The molecule has 21 heavy (non-hydrogen) atoms. The Labute approximate surface area is 124 Å². The van der Waals surface area contributed by atoms with Gasteiger partial charge in [-0.2, -0.15) is 5.26 Å². The third-order valence-corrected chi connectivity index (χ3v) is 5.09. The summed E-state index contributed by atoms with van der Waals surface area (Å²) in [5, 5.41) is 27.6. The van der Waals surface area contributed by atoms with Gasteiger partial charge in [0.25, 0.3) is 5.56 Å². The molecule has 2 rings (SSSR count). The molecule has 1 saturated heterocycles. The van der Waals surface area contributed by atoms with Crippen molar-refractivity contribution in [3.8, 4) is 6.07 Å². The number of hydrogen-bond donors (Lipinski definition) is 3. The first-order chi connectivity index (χ1) is 9.93. The van der Waals surface area contributed by atoms with Crippen LogP contribution >= 0.6 is 11.8 Å². The summed E-state index contributed by atoms with van der Waals surface area (Å²) < 4.78 is 1.29. The quantitative estimate of drug-likeness (QED) is 0.644. The van der Waals surface area contributed by atoms with Crippen LogP contribution in [0, 0.1) is 18.3 Å². The molecule has 1 aliphatic rings. The zero-order valence-electron chi connectivity index (χ0n) is 11.3. The van der Waals surface area contributed by atoms with Crippen molar-refractivity contribution in [3.05, 3.63) is 44.8 Å². The van der Waals surface area contributed by atoms with Crippen molar-refractivity contribution < 1.29 is 10.2 Å². The van der Waals surface area contributed by atoms with E-state index in [4.69, 9.17) is 5.26 Å². The first-order valence-corrected chi connectivity index (χ1v) is 7.18. The van der Waals surface area contributed by atoms with E-state index in [0.717, 1.165) is 0 Å². The molecule has 0 aliphatic carbocycles. The Morgan fingerprint density at radius 3 is 2.95 bits per heavy atom. The fourth-order valence-corrected chi connectivity index (χ4v) is 3.85. The first-order valence-electron chi connectivity index (χ1n) is 6.30. The van der Waals surface area contributed by atoms with Crippen molar-refractivity contribution >= 4 is 11.8 Å². The molecule has 8 heteroatoms. The Kier molecular flexibility index (Phi) is 4.37. The molecule has 0 radical (unpaired) electrons. The van der Waals surface area contributed by atoms with Gasteiger partial charge in [0.1, 0.15) is 4.87 Å². The Morgan fingerprint density at radius 2 is 2.38 bits per heavy atom. The molecule has 3 N–H and O–H groups in total. The molecule has 0 spiro atoms. The number of nitriles is 1. The number of thioether (sulfide) groups is 1. The number of aliphatic hydroxyl groups is 2. The predicted octanol–water partition coefficient (Wildman–Crippen LogP) is -0.564. The Balaban J connectivity index is 2.61. The molecule has 2 heterocycles. The molecule has 1 aromatic rings. The van der Waals surface area contributed by atoms with Crippen LogP contribution in [0.25, 0.3) is 0 Å². The van der Waals surface area contributed by atoms with Crippen LogP contribution in [-0.4, -0.2) is 37.7 Å². The topological polar surface area (TPSA) is 119 Å². The summed E-state index contributed by atoms with van der Waals surface area (Å²) in [5.41, 5.74) is -0.744. The smallest absolute Gasteiger partial charge is 0.329 e. The average Bonchev–Trinajstić information content (AvgIpc) is 2.78. The number of allylic oxidation sites excluding steroid dienone is 1. The van der Waals surface area contributed by atoms with E-state index in [1.165, 1.54) is 34.7 Å². The monoisotopic (exact) mass is 309 g/mol. The van der Waals surface area contributed by atoms with E-state index in [1.54, 1.807) is 6.92 Å². The molecule has 3 atom stereocenters. The maximum Gasteiger partial charge on any atom is 0.329 e. The summed E-state index contributed by atoms with van der Waals surface area (Å²) in [4.78, 5) is 24.8. The summed E-state index contributed by atoms with van der Waals surface area (Å²) in [6, 6.07) is 1.86. The van der Waals surface area contributed by atoms with Gasteiger partial charge in [-0.3, -0.25) is 14.3 Å². The van der Waals surface area contributed by atoms with Gasteiger partial charge in [-0.15, -0.1) is 11.8 Å². The third-order valence-electron chi connectivity index (χ3n) is 3.41. The number of rotatable bonds is 3. The maximum absolute atomic E-state index is 12.1.